The number of amides is 1. The molecule has 3 rings (SSSR count). The maximum atomic E-state index is 12.6. The van der Waals surface area contributed by atoms with Crippen molar-refractivity contribution in [2.24, 2.45) is 0 Å². The van der Waals surface area contributed by atoms with Gasteiger partial charge >= 0.3 is 0 Å². The van der Waals surface area contributed by atoms with Crippen molar-refractivity contribution in [3.8, 4) is 0 Å². The normalized spacial score (nSPS) is 15.8. The summed E-state index contributed by atoms with van der Waals surface area (Å²) >= 11 is 1.57. The zero-order chi connectivity index (χ0) is 17.1. The molecular weight excluding hydrogens is 322 g/mol. The first-order valence-electron chi connectivity index (χ1n) is 8.34. The maximum Gasteiger partial charge on any atom is 0.273 e. The molecule has 0 atom stereocenters. The molecule has 0 bridgehead atoms. The minimum atomic E-state index is 0.0479. The summed E-state index contributed by atoms with van der Waals surface area (Å²) in [7, 11) is 0. The average Bonchev–Trinajstić information content (AvgIpc) is 3.07. The van der Waals surface area contributed by atoms with Gasteiger partial charge < -0.3 is 10.2 Å². The largest absolute Gasteiger partial charge is 0.366 e. The molecule has 0 unspecified atom stereocenters. The molecule has 2 aromatic heterocycles. The third kappa shape index (κ3) is 3.90. The highest BCUT2D eigenvalue weighted by Crippen LogP contribution is 2.22. The van der Waals surface area contributed by atoms with Crippen LogP contribution in [0.5, 0.6) is 0 Å². The lowest BCUT2D eigenvalue weighted by molar-refractivity contribution is 0.0713. The van der Waals surface area contributed by atoms with Gasteiger partial charge in [-0.1, -0.05) is 13.8 Å². The number of anilines is 1. The van der Waals surface area contributed by atoms with Gasteiger partial charge in [0.05, 0.1) is 10.7 Å². The number of piperidine rings is 1. The van der Waals surface area contributed by atoms with E-state index in [1.165, 1.54) is 0 Å². The molecule has 24 heavy (non-hydrogen) atoms. The molecule has 3 heterocycles. The lowest BCUT2D eigenvalue weighted by Gasteiger charge is -2.32. The van der Waals surface area contributed by atoms with Gasteiger partial charge in [-0.15, -0.1) is 16.4 Å². The molecule has 0 radical (unpaired) electrons. The first-order valence-corrected chi connectivity index (χ1v) is 9.22. The van der Waals surface area contributed by atoms with E-state index in [2.05, 4.69) is 34.3 Å². The summed E-state index contributed by atoms with van der Waals surface area (Å²) in [6.45, 7) is 7.59. The van der Waals surface area contributed by atoms with Gasteiger partial charge in [-0.25, -0.2) is 4.98 Å². The van der Waals surface area contributed by atoms with E-state index in [0.29, 0.717) is 17.7 Å². The second-order valence-corrected chi connectivity index (χ2v) is 7.39. The van der Waals surface area contributed by atoms with E-state index in [-0.39, 0.29) is 5.91 Å². The fraction of sp³-hybridized carbons (Fsp3) is 0.529. The van der Waals surface area contributed by atoms with Crippen LogP contribution in [0.3, 0.4) is 0 Å². The van der Waals surface area contributed by atoms with E-state index in [4.69, 9.17) is 0 Å². The molecule has 0 spiro atoms. The third-order valence-corrected chi connectivity index (χ3v) is 5.31. The van der Waals surface area contributed by atoms with Gasteiger partial charge in [0.25, 0.3) is 5.91 Å². The SMILES string of the molecule is Cc1ccc(NC2CCN(C(=O)c3csc(C(C)C)n3)CC2)nn1. The Morgan fingerprint density at radius 3 is 2.62 bits per heavy atom. The van der Waals surface area contributed by atoms with Crippen LogP contribution in [0.1, 0.15) is 53.8 Å². The van der Waals surface area contributed by atoms with E-state index >= 15 is 0 Å². The highest BCUT2D eigenvalue weighted by molar-refractivity contribution is 7.09. The molecule has 1 amide bonds. The quantitative estimate of drug-likeness (QED) is 0.922. The summed E-state index contributed by atoms with van der Waals surface area (Å²) < 4.78 is 0. The van der Waals surface area contributed by atoms with Crippen LogP contribution in [0, 0.1) is 6.92 Å². The van der Waals surface area contributed by atoms with E-state index in [1.807, 2.05) is 29.3 Å². The minimum absolute atomic E-state index is 0.0479. The van der Waals surface area contributed by atoms with E-state index < -0.39 is 0 Å². The van der Waals surface area contributed by atoms with Crippen molar-refractivity contribution in [1.82, 2.24) is 20.1 Å². The molecule has 2 aromatic rings. The van der Waals surface area contributed by atoms with Crippen LogP contribution < -0.4 is 5.32 Å². The Bertz CT molecular complexity index is 689. The molecule has 1 saturated heterocycles. The number of hydrogen-bond acceptors (Lipinski definition) is 6. The molecule has 0 aliphatic carbocycles. The van der Waals surface area contributed by atoms with Crippen LogP contribution >= 0.6 is 11.3 Å². The van der Waals surface area contributed by atoms with Crippen LogP contribution in [0.25, 0.3) is 0 Å². The Morgan fingerprint density at radius 2 is 2.04 bits per heavy atom. The first-order chi connectivity index (χ1) is 11.5. The van der Waals surface area contributed by atoms with Crippen LogP contribution in [0.4, 0.5) is 5.82 Å². The molecule has 1 aliphatic rings. The number of hydrogen-bond donors (Lipinski definition) is 1. The summed E-state index contributed by atoms with van der Waals surface area (Å²) in [5.41, 5.74) is 1.49. The van der Waals surface area contributed by atoms with Gasteiger partial charge in [0.15, 0.2) is 0 Å². The second kappa shape index (κ2) is 7.25. The molecule has 1 aliphatic heterocycles. The Balaban J connectivity index is 1.54. The summed E-state index contributed by atoms with van der Waals surface area (Å²) in [5.74, 6) is 1.21. The lowest BCUT2D eigenvalue weighted by atomic mass is 10.0. The van der Waals surface area contributed by atoms with Crippen molar-refractivity contribution in [1.29, 1.82) is 0 Å². The van der Waals surface area contributed by atoms with E-state index in [9.17, 15) is 4.79 Å². The Kier molecular flexibility index (Phi) is 5.08. The van der Waals surface area contributed by atoms with Crippen molar-refractivity contribution in [3.63, 3.8) is 0 Å². The predicted octanol–water partition coefficient (Wildman–Crippen LogP) is 3.08. The summed E-state index contributed by atoms with van der Waals surface area (Å²) in [4.78, 5) is 18.9. The zero-order valence-corrected chi connectivity index (χ0v) is 15.1. The number of aromatic nitrogens is 3. The number of rotatable bonds is 4. The van der Waals surface area contributed by atoms with E-state index in [1.54, 1.807) is 11.3 Å². The van der Waals surface area contributed by atoms with E-state index in [0.717, 1.165) is 42.5 Å². The van der Waals surface area contributed by atoms with Crippen LogP contribution in [0.2, 0.25) is 0 Å². The van der Waals surface area contributed by atoms with Gasteiger partial charge in [-0.2, -0.15) is 5.10 Å². The average molecular weight is 345 g/mol. The number of thiazole rings is 1. The number of nitrogens with one attached hydrogen (secondary N) is 1. The predicted molar refractivity (Wildman–Crippen MR) is 95.5 cm³/mol. The molecule has 7 heteroatoms. The standard InChI is InChI=1S/C17H23N5OS/c1-11(2)16-19-14(10-24-16)17(23)22-8-6-13(7-9-22)18-15-5-4-12(3)20-21-15/h4-5,10-11,13H,6-9H2,1-3H3,(H,18,21). The summed E-state index contributed by atoms with van der Waals surface area (Å²) in [6, 6.07) is 4.22. The van der Waals surface area contributed by atoms with Gasteiger partial charge in [-0.3, -0.25) is 4.79 Å². The van der Waals surface area contributed by atoms with Crippen molar-refractivity contribution in [2.45, 2.75) is 45.6 Å². The van der Waals surface area contributed by atoms with Gasteiger partial charge in [0.1, 0.15) is 11.5 Å². The van der Waals surface area contributed by atoms with Crippen molar-refractivity contribution in [2.75, 3.05) is 18.4 Å². The smallest absolute Gasteiger partial charge is 0.273 e. The van der Waals surface area contributed by atoms with Gasteiger partial charge in [-0.05, 0) is 31.9 Å². The molecule has 1 fully saturated rings. The summed E-state index contributed by atoms with van der Waals surface area (Å²) in [6.07, 6.45) is 1.81. The lowest BCUT2D eigenvalue weighted by Crippen LogP contribution is -2.42. The highest BCUT2D eigenvalue weighted by Gasteiger charge is 2.25. The molecule has 0 saturated carbocycles. The Hall–Kier alpha value is -2.02. The topological polar surface area (TPSA) is 71.0 Å². The van der Waals surface area contributed by atoms with Crippen LogP contribution in [-0.4, -0.2) is 45.1 Å². The van der Waals surface area contributed by atoms with Crippen molar-refractivity contribution >= 4 is 23.1 Å². The van der Waals surface area contributed by atoms with Crippen molar-refractivity contribution in [3.05, 3.63) is 33.9 Å². The number of nitrogens with zero attached hydrogens (tertiary/aromatic N) is 4. The number of aryl methyl sites for hydroxylation is 1. The van der Waals surface area contributed by atoms with Gasteiger partial charge in [0.2, 0.25) is 0 Å². The molecular formula is C17H23N5OS. The Morgan fingerprint density at radius 1 is 1.29 bits per heavy atom. The minimum Gasteiger partial charge on any atom is -0.366 e. The molecule has 0 aromatic carbocycles. The first kappa shape index (κ1) is 16.8. The zero-order valence-electron chi connectivity index (χ0n) is 14.3. The van der Waals surface area contributed by atoms with Crippen molar-refractivity contribution < 1.29 is 4.79 Å². The fourth-order valence-electron chi connectivity index (χ4n) is 2.72. The van der Waals surface area contributed by atoms with Gasteiger partial charge in [0, 0.05) is 30.4 Å². The molecule has 6 nitrogen and oxygen atoms in total. The monoisotopic (exact) mass is 345 g/mol. The fourth-order valence-corrected chi connectivity index (χ4v) is 3.53. The maximum absolute atomic E-state index is 12.6. The molecule has 128 valence electrons. The summed E-state index contributed by atoms with van der Waals surface area (Å²) in [5, 5.41) is 14.5. The molecule has 1 N–H and O–H groups in total. The second-order valence-electron chi connectivity index (χ2n) is 6.50. The highest BCUT2D eigenvalue weighted by atomic mass is 32.1. The number of carbonyl (C=O) groups excluding carboxylic acids is 1. The number of carbonyl (C=O) groups is 1. The van der Waals surface area contributed by atoms with Crippen LogP contribution in [-0.2, 0) is 0 Å². The third-order valence-electron chi connectivity index (χ3n) is 4.17. The Labute approximate surface area is 146 Å². The van der Waals surface area contributed by atoms with Crippen LogP contribution in [0.15, 0.2) is 17.5 Å². The number of likely N-dealkylation sites (tertiary alicyclic amines) is 1.